The SMILES string of the molecule is COc1ccc(F)cc1C(=O)CN1CCC(O)CC1. The van der Waals surface area contributed by atoms with Crippen LogP contribution in [-0.4, -0.2) is 48.6 Å². The maximum Gasteiger partial charge on any atom is 0.180 e. The number of hydrogen-bond acceptors (Lipinski definition) is 4. The zero-order chi connectivity index (χ0) is 13.8. The third-order valence-electron chi connectivity index (χ3n) is 3.39. The summed E-state index contributed by atoms with van der Waals surface area (Å²) in [6.07, 6.45) is 1.08. The third kappa shape index (κ3) is 3.52. The van der Waals surface area contributed by atoms with Crippen molar-refractivity contribution in [1.29, 1.82) is 0 Å². The van der Waals surface area contributed by atoms with E-state index in [0.29, 0.717) is 31.7 Å². The van der Waals surface area contributed by atoms with Crippen LogP contribution in [0.25, 0.3) is 0 Å². The minimum Gasteiger partial charge on any atom is -0.496 e. The molecular formula is C14H18FNO3. The van der Waals surface area contributed by atoms with E-state index in [1.165, 1.54) is 25.3 Å². The molecule has 1 saturated heterocycles. The Morgan fingerprint density at radius 2 is 2.16 bits per heavy atom. The summed E-state index contributed by atoms with van der Waals surface area (Å²) in [7, 11) is 1.46. The molecule has 2 rings (SSSR count). The van der Waals surface area contributed by atoms with Crippen molar-refractivity contribution in [2.45, 2.75) is 18.9 Å². The lowest BCUT2D eigenvalue weighted by molar-refractivity contribution is 0.0709. The molecule has 4 nitrogen and oxygen atoms in total. The van der Waals surface area contributed by atoms with Gasteiger partial charge in [0.15, 0.2) is 5.78 Å². The molecule has 5 heteroatoms. The van der Waals surface area contributed by atoms with Crippen LogP contribution in [0.15, 0.2) is 18.2 Å². The molecule has 0 amide bonds. The molecular weight excluding hydrogens is 249 g/mol. The number of ketones is 1. The fraction of sp³-hybridized carbons (Fsp3) is 0.500. The van der Waals surface area contributed by atoms with E-state index < -0.39 is 5.82 Å². The molecule has 104 valence electrons. The first kappa shape index (κ1) is 14.0. The van der Waals surface area contributed by atoms with Gasteiger partial charge >= 0.3 is 0 Å². The standard InChI is InChI=1S/C14H18FNO3/c1-19-14-3-2-10(15)8-12(14)13(18)9-16-6-4-11(17)5-7-16/h2-3,8,11,17H,4-7,9H2,1H3. The quantitative estimate of drug-likeness (QED) is 0.839. The smallest absolute Gasteiger partial charge is 0.180 e. The first-order valence-corrected chi connectivity index (χ1v) is 6.37. The zero-order valence-corrected chi connectivity index (χ0v) is 10.9. The lowest BCUT2D eigenvalue weighted by atomic mass is 10.1. The minimum absolute atomic E-state index is 0.160. The van der Waals surface area contributed by atoms with Crippen LogP contribution >= 0.6 is 0 Å². The van der Waals surface area contributed by atoms with Crippen molar-refractivity contribution in [2.24, 2.45) is 0 Å². The Balaban J connectivity index is 2.05. The number of benzene rings is 1. The molecule has 0 bridgehead atoms. The average molecular weight is 267 g/mol. The second-order valence-corrected chi connectivity index (χ2v) is 4.78. The van der Waals surface area contributed by atoms with Crippen molar-refractivity contribution in [3.05, 3.63) is 29.6 Å². The first-order chi connectivity index (χ1) is 9.10. The molecule has 0 saturated carbocycles. The molecule has 0 radical (unpaired) electrons. The molecule has 1 aliphatic heterocycles. The van der Waals surface area contributed by atoms with Crippen molar-refractivity contribution in [3.8, 4) is 5.75 Å². The zero-order valence-electron chi connectivity index (χ0n) is 10.9. The molecule has 0 atom stereocenters. The molecule has 1 aromatic carbocycles. The van der Waals surface area contributed by atoms with Gasteiger partial charge in [-0.3, -0.25) is 9.69 Å². The average Bonchev–Trinajstić information content (AvgIpc) is 2.41. The number of aliphatic hydroxyl groups is 1. The van der Waals surface area contributed by atoms with E-state index >= 15 is 0 Å². The summed E-state index contributed by atoms with van der Waals surface area (Å²) in [4.78, 5) is 14.1. The summed E-state index contributed by atoms with van der Waals surface area (Å²) >= 11 is 0. The van der Waals surface area contributed by atoms with Gasteiger partial charge in [0.25, 0.3) is 0 Å². The Morgan fingerprint density at radius 1 is 1.47 bits per heavy atom. The van der Waals surface area contributed by atoms with Crippen molar-refractivity contribution in [1.82, 2.24) is 4.90 Å². The predicted octanol–water partition coefficient (Wildman–Crippen LogP) is 1.47. The van der Waals surface area contributed by atoms with E-state index in [2.05, 4.69) is 0 Å². The second kappa shape index (κ2) is 6.12. The molecule has 1 fully saturated rings. The van der Waals surface area contributed by atoms with Gasteiger partial charge < -0.3 is 9.84 Å². The normalized spacial score (nSPS) is 17.4. The number of Topliss-reactive ketones (excluding diaryl/α,β-unsaturated/α-hetero) is 1. The van der Waals surface area contributed by atoms with Gasteiger partial charge in [-0.25, -0.2) is 4.39 Å². The molecule has 1 aliphatic rings. The maximum atomic E-state index is 13.2. The molecule has 0 unspecified atom stereocenters. The number of hydrogen-bond donors (Lipinski definition) is 1. The number of carbonyl (C=O) groups excluding carboxylic acids is 1. The van der Waals surface area contributed by atoms with E-state index in [0.717, 1.165) is 0 Å². The summed E-state index contributed by atoms with van der Waals surface area (Å²) < 4.78 is 18.3. The van der Waals surface area contributed by atoms with Gasteiger partial charge in [-0.05, 0) is 31.0 Å². The number of halogens is 1. The van der Waals surface area contributed by atoms with Crippen molar-refractivity contribution in [2.75, 3.05) is 26.7 Å². The topological polar surface area (TPSA) is 49.8 Å². The number of likely N-dealkylation sites (tertiary alicyclic amines) is 1. The number of rotatable bonds is 4. The minimum atomic E-state index is -0.446. The summed E-state index contributed by atoms with van der Waals surface area (Å²) in [5, 5.41) is 9.42. The largest absolute Gasteiger partial charge is 0.496 e. The Hall–Kier alpha value is -1.46. The number of piperidine rings is 1. The van der Waals surface area contributed by atoms with Crippen LogP contribution in [-0.2, 0) is 0 Å². The van der Waals surface area contributed by atoms with Crippen LogP contribution < -0.4 is 4.74 Å². The summed E-state index contributed by atoms with van der Waals surface area (Å²) in [6.45, 7) is 1.60. The number of nitrogens with zero attached hydrogens (tertiary/aromatic N) is 1. The van der Waals surface area contributed by atoms with Gasteiger partial charge in [-0.1, -0.05) is 0 Å². The van der Waals surface area contributed by atoms with Gasteiger partial charge in [0.2, 0.25) is 0 Å². The lowest BCUT2D eigenvalue weighted by Crippen LogP contribution is -2.39. The number of ether oxygens (including phenoxy) is 1. The van der Waals surface area contributed by atoms with E-state index in [-0.39, 0.29) is 24.0 Å². The Labute approximate surface area is 111 Å². The van der Waals surface area contributed by atoms with E-state index in [1.807, 2.05) is 4.90 Å². The highest BCUT2D eigenvalue weighted by Crippen LogP contribution is 2.21. The van der Waals surface area contributed by atoms with Gasteiger partial charge in [-0.15, -0.1) is 0 Å². The fourth-order valence-corrected chi connectivity index (χ4v) is 2.26. The molecule has 1 heterocycles. The lowest BCUT2D eigenvalue weighted by Gasteiger charge is -2.28. The summed E-state index contributed by atoms with van der Waals surface area (Å²) in [5.74, 6) is -0.214. The van der Waals surface area contributed by atoms with Crippen LogP contribution in [0.3, 0.4) is 0 Å². The Kier molecular flexibility index (Phi) is 4.50. The van der Waals surface area contributed by atoms with Crippen molar-refractivity contribution in [3.63, 3.8) is 0 Å². The molecule has 1 N–H and O–H groups in total. The summed E-state index contributed by atoms with van der Waals surface area (Å²) in [5.41, 5.74) is 0.272. The van der Waals surface area contributed by atoms with E-state index in [4.69, 9.17) is 4.74 Å². The highest BCUT2D eigenvalue weighted by molar-refractivity contribution is 6.00. The number of carbonyl (C=O) groups is 1. The van der Waals surface area contributed by atoms with Gasteiger partial charge in [0.05, 0.1) is 25.3 Å². The van der Waals surface area contributed by atoms with Gasteiger partial charge in [0.1, 0.15) is 11.6 Å². The van der Waals surface area contributed by atoms with Crippen LogP contribution in [0.4, 0.5) is 4.39 Å². The number of aliphatic hydroxyl groups excluding tert-OH is 1. The van der Waals surface area contributed by atoms with Crippen molar-refractivity contribution < 1.29 is 19.0 Å². The van der Waals surface area contributed by atoms with Crippen LogP contribution in [0.5, 0.6) is 5.75 Å². The second-order valence-electron chi connectivity index (χ2n) is 4.78. The van der Waals surface area contributed by atoms with Crippen LogP contribution in [0.2, 0.25) is 0 Å². The van der Waals surface area contributed by atoms with E-state index in [9.17, 15) is 14.3 Å². The maximum absolute atomic E-state index is 13.2. The van der Waals surface area contributed by atoms with Gasteiger partial charge in [-0.2, -0.15) is 0 Å². The van der Waals surface area contributed by atoms with Crippen molar-refractivity contribution >= 4 is 5.78 Å². The third-order valence-corrected chi connectivity index (χ3v) is 3.39. The van der Waals surface area contributed by atoms with Crippen LogP contribution in [0, 0.1) is 5.82 Å². The van der Waals surface area contributed by atoms with E-state index in [1.54, 1.807) is 0 Å². The fourth-order valence-electron chi connectivity index (χ4n) is 2.26. The highest BCUT2D eigenvalue weighted by atomic mass is 19.1. The summed E-state index contributed by atoms with van der Waals surface area (Å²) in [6, 6.07) is 3.94. The first-order valence-electron chi connectivity index (χ1n) is 6.37. The van der Waals surface area contributed by atoms with Gasteiger partial charge in [0, 0.05) is 13.1 Å². The monoisotopic (exact) mass is 267 g/mol. The molecule has 1 aromatic rings. The molecule has 19 heavy (non-hydrogen) atoms. The molecule has 0 spiro atoms. The highest BCUT2D eigenvalue weighted by Gasteiger charge is 2.21. The molecule has 0 aliphatic carbocycles. The molecule has 0 aromatic heterocycles. The Bertz CT molecular complexity index is 456. The predicted molar refractivity (Wildman–Crippen MR) is 69.0 cm³/mol. The Morgan fingerprint density at radius 3 is 2.79 bits per heavy atom. The van der Waals surface area contributed by atoms with Crippen LogP contribution in [0.1, 0.15) is 23.2 Å². The number of methoxy groups -OCH3 is 1.